The fourth-order valence-corrected chi connectivity index (χ4v) is 5.39. The molecule has 0 N–H and O–H groups in total. The molecule has 1 unspecified atom stereocenters. The van der Waals surface area contributed by atoms with Crippen molar-refractivity contribution >= 4 is 29.1 Å². The molecule has 2 aromatic carbocycles. The predicted octanol–water partition coefficient (Wildman–Crippen LogP) is 3.35. The number of methoxy groups -OCH3 is 2. The van der Waals surface area contributed by atoms with E-state index in [1.54, 1.807) is 56.3 Å². The molecule has 192 valence electrons. The first kappa shape index (κ1) is 25.2. The smallest absolute Gasteiger partial charge is 0.338 e. The molecule has 1 aliphatic heterocycles. The van der Waals surface area contributed by atoms with Gasteiger partial charge in [-0.05, 0) is 42.3 Å². The number of benzene rings is 2. The lowest BCUT2D eigenvalue weighted by molar-refractivity contribution is -0.138. The molecule has 5 rings (SSSR count). The van der Waals surface area contributed by atoms with E-state index in [1.807, 2.05) is 48.5 Å². The van der Waals surface area contributed by atoms with E-state index in [2.05, 4.69) is 4.98 Å². The molecular formula is C29H25N3O5S. The van der Waals surface area contributed by atoms with Gasteiger partial charge in [0, 0.05) is 18.0 Å². The van der Waals surface area contributed by atoms with Gasteiger partial charge in [0.1, 0.15) is 0 Å². The lowest BCUT2D eigenvalue weighted by Crippen LogP contribution is -2.40. The first-order chi connectivity index (χ1) is 18.5. The van der Waals surface area contributed by atoms with Crippen molar-refractivity contribution in [2.75, 3.05) is 20.8 Å². The van der Waals surface area contributed by atoms with Crippen LogP contribution in [0.2, 0.25) is 0 Å². The maximum absolute atomic E-state index is 13.9. The van der Waals surface area contributed by atoms with E-state index in [-0.39, 0.29) is 17.7 Å². The minimum absolute atomic E-state index is 0.175. The van der Waals surface area contributed by atoms with E-state index in [0.717, 1.165) is 11.1 Å². The van der Waals surface area contributed by atoms with Crippen LogP contribution in [0.15, 0.2) is 88.4 Å². The highest BCUT2D eigenvalue weighted by Gasteiger charge is 2.35. The van der Waals surface area contributed by atoms with Gasteiger partial charge in [-0.25, -0.2) is 9.79 Å². The average Bonchev–Trinajstić information content (AvgIpc) is 3.27. The van der Waals surface area contributed by atoms with Crippen LogP contribution in [0.4, 0.5) is 0 Å². The Labute approximate surface area is 222 Å². The van der Waals surface area contributed by atoms with Gasteiger partial charge in [-0.2, -0.15) is 0 Å². The summed E-state index contributed by atoms with van der Waals surface area (Å²) in [5, 5.41) is 0. The maximum Gasteiger partial charge on any atom is 0.338 e. The second-order valence-corrected chi connectivity index (χ2v) is 9.34. The van der Waals surface area contributed by atoms with Gasteiger partial charge >= 0.3 is 5.97 Å². The minimum Gasteiger partial charge on any atom is -0.493 e. The van der Waals surface area contributed by atoms with Crippen LogP contribution in [0.1, 0.15) is 29.7 Å². The van der Waals surface area contributed by atoms with Gasteiger partial charge in [-0.1, -0.05) is 53.8 Å². The number of thiazole rings is 1. The quantitative estimate of drug-likeness (QED) is 0.343. The topological polar surface area (TPSA) is 92.0 Å². The zero-order valence-corrected chi connectivity index (χ0v) is 21.9. The Kier molecular flexibility index (Phi) is 7.19. The Balaban J connectivity index is 1.85. The Morgan fingerprint density at radius 1 is 1.05 bits per heavy atom. The molecule has 0 amide bonds. The lowest BCUT2D eigenvalue weighted by Gasteiger charge is -2.26. The maximum atomic E-state index is 13.9. The van der Waals surface area contributed by atoms with Crippen LogP contribution in [-0.2, 0) is 9.53 Å². The number of hydrogen-bond acceptors (Lipinski definition) is 8. The van der Waals surface area contributed by atoms with Crippen molar-refractivity contribution in [1.29, 1.82) is 0 Å². The highest BCUT2D eigenvalue weighted by atomic mass is 32.1. The molecule has 0 radical (unpaired) electrons. The van der Waals surface area contributed by atoms with Gasteiger partial charge in [-0.15, -0.1) is 0 Å². The molecule has 2 aromatic heterocycles. The molecule has 0 aliphatic carbocycles. The van der Waals surface area contributed by atoms with Crippen molar-refractivity contribution < 1.29 is 19.0 Å². The largest absolute Gasteiger partial charge is 0.493 e. The van der Waals surface area contributed by atoms with E-state index in [9.17, 15) is 9.59 Å². The number of pyridine rings is 1. The summed E-state index contributed by atoms with van der Waals surface area (Å²) in [4.78, 5) is 36.9. The van der Waals surface area contributed by atoms with Crippen molar-refractivity contribution in [3.63, 3.8) is 0 Å². The second-order valence-electron chi connectivity index (χ2n) is 8.33. The van der Waals surface area contributed by atoms with Gasteiger partial charge in [0.05, 0.1) is 42.7 Å². The molecule has 1 atom stereocenters. The second kappa shape index (κ2) is 10.9. The molecule has 9 heteroatoms. The molecule has 0 saturated heterocycles. The van der Waals surface area contributed by atoms with Crippen molar-refractivity contribution in [3.8, 4) is 11.5 Å². The number of hydrogen-bond donors (Lipinski definition) is 0. The summed E-state index contributed by atoms with van der Waals surface area (Å²) < 4.78 is 18.5. The first-order valence-electron chi connectivity index (χ1n) is 12.0. The number of rotatable bonds is 7. The van der Waals surface area contributed by atoms with Crippen LogP contribution < -0.4 is 24.4 Å². The summed E-state index contributed by atoms with van der Waals surface area (Å²) in [5.41, 5.74) is 2.64. The minimum atomic E-state index is -0.809. The van der Waals surface area contributed by atoms with Crippen LogP contribution in [0.25, 0.3) is 11.8 Å². The van der Waals surface area contributed by atoms with Gasteiger partial charge in [0.15, 0.2) is 16.3 Å². The number of esters is 1. The number of aromatic nitrogens is 2. The van der Waals surface area contributed by atoms with E-state index in [1.165, 1.54) is 11.3 Å². The van der Waals surface area contributed by atoms with Gasteiger partial charge in [0.25, 0.3) is 5.56 Å². The zero-order chi connectivity index (χ0) is 26.6. The van der Waals surface area contributed by atoms with Crippen molar-refractivity contribution in [3.05, 3.63) is 115 Å². The normalized spacial score (nSPS) is 15.0. The molecule has 0 bridgehead atoms. The fourth-order valence-electron chi connectivity index (χ4n) is 4.39. The van der Waals surface area contributed by atoms with Crippen molar-refractivity contribution in [1.82, 2.24) is 9.55 Å². The van der Waals surface area contributed by atoms with Crippen LogP contribution in [-0.4, -0.2) is 36.3 Å². The molecule has 3 heterocycles. The molecule has 0 fully saturated rings. The van der Waals surface area contributed by atoms with Gasteiger partial charge < -0.3 is 14.2 Å². The number of fused-ring (bicyclic) bond motifs is 1. The van der Waals surface area contributed by atoms with Gasteiger partial charge in [-0.3, -0.25) is 14.3 Å². The summed E-state index contributed by atoms with van der Waals surface area (Å²) in [6.07, 6.45) is 5.13. The summed E-state index contributed by atoms with van der Waals surface area (Å²) >= 11 is 1.26. The van der Waals surface area contributed by atoms with E-state index >= 15 is 0 Å². The van der Waals surface area contributed by atoms with Crippen LogP contribution >= 0.6 is 11.3 Å². The van der Waals surface area contributed by atoms with E-state index < -0.39 is 12.0 Å². The molecule has 4 aromatic rings. The van der Waals surface area contributed by atoms with Crippen LogP contribution in [0, 0.1) is 0 Å². The third kappa shape index (κ3) is 4.64. The SMILES string of the molecule is CCOC(=O)C1=C(c2ccccc2)N=c2s/c(=C/c3cccnc3)c(=O)n2C1c1ccc(OC)c(OC)c1. The third-order valence-corrected chi connectivity index (χ3v) is 7.06. The molecule has 1 aliphatic rings. The Morgan fingerprint density at radius 2 is 1.84 bits per heavy atom. The Morgan fingerprint density at radius 3 is 2.53 bits per heavy atom. The fraction of sp³-hybridized carbons (Fsp3) is 0.172. The number of carbonyl (C=O) groups excluding carboxylic acids is 1. The van der Waals surface area contributed by atoms with Gasteiger partial charge in [0.2, 0.25) is 0 Å². The number of carbonyl (C=O) groups is 1. The lowest BCUT2D eigenvalue weighted by atomic mass is 9.93. The summed E-state index contributed by atoms with van der Waals surface area (Å²) in [5.74, 6) is 0.463. The molecule has 8 nitrogen and oxygen atoms in total. The molecular weight excluding hydrogens is 502 g/mol. The number of ether oxygens (including phenoxy) is 3. The average molecular weight is 528 g/mol. The van der Waals surface area contributed by atoms with Crippen molar-refractivity contribution in [2.45, 2.75) is 13.0 Å². The monoisotopic (exact) mass is 527 g/mol. The van der Waals surface area contributed by atoms with Crippen LogP contribution in [0.5, 0.6) is 11.5 Å². The highest BCUT2D eigenvalue weighted by Crippen LogP contribution is 2.38. The van der Waals surface area contributed by atoms with E-state index in [4.69, 9.17) is 19.2 Å². The number of nitrogens with zero attached hydrogens (tertiary/aromatic N) is 3. The van der Waals surface area contributed by atoms with E-state index in [0.29, 0.717) is 32.1 Å². The Bertz CT molecular complexity index is 1690. The summed E-state index contributed by atoms with van der Waals surface area (Å²) in [6, 6.07) is 17.6. The first-order valence-corrected chi connectivity index (χ1v) is 12.8. The molecule has 0 saturated carbocycles. The zero-order valence-electron chi connectivity index (χ0n) is 21.1. The Hall–Kier alpha value is -4.50. The standard InChI is InChI=1S/C29H25N3O5S/c1-4-37-28(34)24-25(19-10-6-5-7-11-19)31-29-32(26(24)20-12-13-21(35-2)22(16-20)36-3)27(33)23(38-29)15-18-9-8-14-30-17-18/h5-17,26H,4H2,1-3H3/b23-15+. The predicted molar refractivity (Wildman–Crippen MR) is 145 cm³/mol. The summed E-state index contributed by atoms with van der Waals surface area (Å²) in [6.45, 7) is 1.92. The third-order valence-electron chi connectivity index (χ3n) is 6.08. The summed E-state index contributed by atoms with van der Waals surface area (Å²) in [7, 11) is 3.09. The molecule has 38 heavy (non-hydrogen) atoms. The molecule has 0 spiro atoms. The highest BCUT2D eigenvalue weighted by molar-refractivity contribution is 7.07. The van der Waals surface area contributed by atoms with Crippen molar-refractivity contribution in [2.24, 2.45) is 4.99 Å². The van der Waals surface area contributed by atoms with Crippen LogP contribution in [0.3, 0.4) is 0 Å².